The standard InChI is InChI=1S/C14H20N2/c1-2-10-5-6-11-9-12-4-3-7-15-14(12)16-13(11)8-10/h9-10H,2-8H2,1H3,(H,15,16). The van der Waals surface area contributed by atoms with Gasteiger partial charge in [-0.1, -0.05) is 19.4 Å². The monoisotopic (exact) mass is 216 g/mol. The molecule has 1 N–H and O–H groups in total. The van der Waals surface area contributed by atoms with Crippen molar-refractivity contribution in [3.05, 3.63) is 22.9 Å². The highest BCUT2D eigenvalue weighted by Crippen LogP contribution is 2.30. The van der Waals surface area contributed by atoms with Crippen molar-refractivity contribution in [1.29, 1.82) is 0 Å². The Kier molecular flexibility index (Phi) is 2.58. The Morgan fingerprint density at radius 2 is 2.31 bits per heavy atom. The van der Waals surface area contributed by atoms with Gasteiger partial charge in [0, 0.05) is 12.2 Å². The summed E-state index contributed by atoms with van der Waals surface area (Å²) in [6.07, 6.45) is 7.56. The average molecular weight is 216 g/mol. The fraction of sp³-hybridized carbons (Fsp3) is 0.643. The molecular formula is C14H20N2. The van der Waals surface area contributed by atoms with Crippen molar-refractivity contribution >= 4 is 5.82 Å². The van der Waals surface area contributed by atoms with Crippen molar-refractivity contribution in [3.8, 4) is 0 Å². The van der Waals surface area contributed by atoms with Gasteiger partial charge in [0.2, 0.25) is 0 Å². The second-order valence-electron chi connectivity index (χ2n) is 5.15. The van der Waals surface area contributed by atoms with Crippen molar-refractivity contribution in [2.75, 3.05) is 11.9 Å². The van der Waals surface area contributed by atoms with Crippen molar-refractivity contribution in [3.63, 3.8) is 0 Å². The number of hydrogen-bond donors (Lipinski definition) is 1. The summed E-state index contributed by atoms with van der Waals surface area (Å²) in [5.41, 5.74) is 4.33. The van der Waals surface area contributed by atoms with Gasteiger partial charge >= 0.3 is 0 Å². The average Bonchev–Trinajstić information content (AvgIpc) is 2.35. The summed E-state index contributed by atoms with van der Waals surface area (Å²) in [6.45, 7) is 3.39. The Hall–Kier alpha value is -1.05. The lowest BCUT2D eigenvalue weighted by Crippen LogP contribution is -2.20. The Morgan fingerprint density at radius 1 is 1.38 bits per heavy atom. The zero-order valence-corrected chi connectivity index (χ0v) is 10.1. The molecule has 16 heavy (non-hydrogen) atoms. The second kappa shape index (κ2) is 4.08. The molecule has 1 atom stereocenters. The molecule has 0 radical (unpaired) electrons. The molecule has 1 aliphatic heterocycles. The second-order valence-corrected chi connectivity index (χ2v) is 5.15. The first-order valence-corrected chi connectivity index (χ1v) is 6.62. The Labute approximate surface area is 97.5 Å². The van der Waals surface area contributed by atoms with Gasteiger partial charge in [-0.3, -0.25) is 0 Å². The lowest BCUT2D eigenvalue weighted by Gasteiger charge is -2.26. The van der Waals surface area contributed by atoms with Crippen LogP contribution in [0.4, 0.5) is 5.82 Å². The van der Waals surface area contributed by atoms with Gasteiger partial charge in [0.1, 0.15) is 5.82 Å². The van der Waals surface area contributed by atoms with Crippen molar-refractivity contribution in [2.45, 2.75) is 45.4 Å². The Morgan fingerprint density at radius 3 is 3.19 bits per heavy atom. The maximum Gasteiger partial charge on any atom is 0.129 e. The first-order valence-electron chi connectivity index (χ1n) is 6.62. The van der Waals surface area contributed by atoms with Gasteiger partial charge in [0.25, 0.3) is 0 Å². The van der Waals surface area contributed by atoms with Crippen LogP contribution in [0.15, 0.2) is 6.07 Å². The summed E-state index contributed by atoms with van der Waals surface area (Å²) in [4.78, 5) is 4.84. The van der Waals surface area contributed by atoms with E-state index in [0.29, 0.717) is 0 Å². The highest BCUT2D eigenvalue weighted by atomic mass is 15.0. The highest BCUT2D eigenvalue weighted by Gasteiger charge is 2.21. The van der Waals surface area contributed by atoms with Gasteiger partial charge in [-0.15, -0.1) is 0 Å². The maximum atomic E-state index is 4.84. The third-order valence-corrected chi connectivity index (χ3v) is 4.07. The largest absolute Gasteiger partial charge is 0.370 e. The lowest BCUT2D eigenvalue weighted by molar-refractivity contribution is 0.438. The van der Waals surface area contributed by atoms with Gasteiger partial charge in [-0.2, -0.15) is 0 Å². The lowest BCUT2D eigenvalue weighted by atomic mass is 9.84. The van der Waals surface area contributed by atoms with E-state index in [-0.39, 0.29) is 0 Å². The molecule has 2 nitrogen and oxygen atoms in total. The maximum absolute atomic E-state index is 4.84. The molecule has 1 unspecified atom stereocenters. The molecule has 0 bridgehead atoms. The predicted octanol–water partition coefficient (Wildman–Crippen LogP) is 2.95. The summed E-state index contributed by atoms with van der Waals surface area (Å²) in [5, 5.41) is 3.43. The molecule has 3 rings (SSSR count). The van der Waals surface area contributed by atoms with Crippen LogP contribution in [0.2, 0.25) is 0 Å². The predicted molar refractivity (Wildman–Crippen MR) is 66.9 cm³/mol. The SMILES string of the molecule is CCC1CCc2cc3c(nc2C1)NCCC3. The number of rotatable bonds is 1. The van der Waals surface area contributed by atoms with E-state index < -0.39 is 0 Å². The molecule has 1 aromatic heterocycles. The topological polar surface area (TPSA) is 24.9 Å². The Bertz CT molecular complexity index is 398. The number of fused-ring (bicyclic) bond motifs is 2. The summed E-state index contributed by atoms with van der Waals surface area (Å²) in [6, 6.07) is 2.41. The quantitative estimate of drug-likeness (QED) is 0.780. The van der Waals surface area contributed by atoms with E-state index in [1.807, 2.05) is 0 Å². The molecule has 1 aromatic rings. The van der Waals surface area contributed by atoms with Crippen LogP contribution >= 0.6 is 0 Å². The number of hydrogen-bond acceptors (Lipinski definition) is 2. The number of nitrogens with one attached hydrogen (secondary N) is 1. The third kappa shape index (κ3) is 1.70. The minimum absolute atomic E-state index is 0.863. The molecule has 0 saturated carbocycles. The number of aryl methyl sites for hydroxylation is 2. The van der Waals surface area contributed by atoms with Gasteiger partial charge < -0.3 is 5.32 Å². The molecular weight excluding hydrogens is 196 g/mol. The first kappa shape index (κ1) is 10.1. The smallest absolute Gasteiger partial charge is 0.129 e. The summed E-state index contributed by atoms with van der Waals surface area (Å²) in [5.74, 6) is 2.03. The van der Waals surface area contributed by atoms with Crippen LogP contribution in [0, 0.1) is 5.92 Å². The number of nitrogens with zero attached hydrogens (tertiary/aromatic N) is 1. The van der Waals surface area contributed by atoms with Crippen LogP contribution in [-0.2, 0) is 19.3 Å². The minimum atomic E-state index is 0.863. The van der Waals surface area contributed by atoms with Gasteiger partial charge in [0.05, 0.1) is 0 Å². The van der Waals surface area contributed by atoms with Crippen LogP contribution in [0.5, 0.6) is 0 Å². The Balaban J connectivity index is 1.95. The van der Waals surface area contributed by atoms with Crippen LogP contribution in [-0.4, -0.2) is 11.5 Å². The van der Waals surface area contributed by atoms with E-state index in [2.05, 4.69) is 18.3 Å². The fourth-order valence-corrected chi connectivity index (χ4v) is 2.95. The zero-order chi connectivity index (χ0) is 11.0. The molecule has 0 spiro atoms. The van der Waals surface area contributed by atoms with Crippen LogP contribution in [0.1, 0.15) is 43.0 Å². The van der Waals surface area contributed by atoms with Crippen molar-refractivity contribution < 1.29 is 0 Å². The third-order valence-electron chi connectivity index (χ3n) is 4.07. The van der Waals surface area contributed by atoms with E-state index in [1.54, 1.807) is 0 Å². The fourth-order valence-electron chi connectivity index (χ4n) is 2.95. The zero-order valence-electron chi connectivity index (χ0n) is 10.1. The van der Waals surface area contributed by atoms with Gasteiger partial charge in [-0.05, 0) is 49.1 Å². The number of anilines is 1. The molecule has 2 heterocycles. The van der Waals surface area contributed by atoms with Crippen LogP contribution in [0.25, 0.3) is 0 Å². The summed E-state index contributed by atoms with van der Waals surface area (Å²) >= 11 is 0. The molecule has 2 heteroatoms. The van der Waals surface area contributed by atoms with E-state index in [4.69, 9.17) is 4.98 Å². The normalized spacial score (nSPS) is 23.2. The van der Waals surface area contributed by atoms with Crippen molar-refractivity contribution in [2.24, 2.45) is 5.92 Å². The van der Waals surface area contributed by atoms with E-state index in [0.717, 1.165) is 12.5 Å². The summed E-state index contributed by atoms with van der Waals surface area (Å²) in [7, 11) is 0. The van der Waals surface area contributed by atoms with Crippen LogP contribution < -0.4 is 5.32 Å². The molecule has 86 valence electrons. The van der Waals surface area contributed by atoms with E-state index in [1.165, 1.54) is 61.2 Å². The van der Waals surface area contributed by atoms with E-state index >= 15 is 0 Å². The highest BCUT2D eigenvalue weighted by molar-refractivity contribution is 5.50. The number of pyridine rings is 1. The molecule has 0 fully saturated rings. The first-order chi connectivity index (χ1) is 7.86. The van der Waals surface area contributed by atoms with E-state index in [9.17, 15) is 0 Å². The number of aromatic nitrogens is 1. The molecule has 0 saturated heterocycles. The molecule has 0 amide bonds. The molecule has 2 aliphatic rings. The summed E-state index contributed by atoms with van der Waals surface area (Å²) < 4.78 is 0. The minimum Gasteiger partial charge on any atom is -0.370 e. The molecule has 1 aliphatic carbocycles. The van der Waals surface area contributed by atoms with Gasteiger partial charge in [0.15, 0.2) is 0 Å². The van der Waals surface area contributed by atoms with Crippen LogP contribution in [0.3, 0.4) is 0 Å². The molecule has 0 aromatic carbocycles. The van der Waals surface area contributed by atoms with Crippen molar-refractivity contribution in [1.82, 2.24) is 4.98 Å². The van der Waals surface area contributed by atoms with Gasteiger partial charge in [-0.25, -0.2) is 4.98 Å².